The van der Waals surface area contributed by atoms with E-state index in [1.54, 1.807) is 48.5 Å². The highest BCUT2D eigenvalue weighted by molar-refractivity contribution is 5.59. The summed E-state index contributed by atoms with van der Waals surface area (Å²) < 4.78 is 0. The molecular weight excluding hydrogens is 456 g/mol. The molecule has 0 amide bonds. The molecule has 0 fully saturated rings. The van der Waals surface area contributed by atoms with Crippen LogP contribution in [0.4, 0.5) is 22.7 Å². The van der Waals surface area contributed by atoms with Crippen LogP contribution < -0.4 is 22.9 Å². The van der Waals surface area contributed by atoms with E-state index < -0.39 is 0 Å². The lowest BCUT2D eigenvalue weighted by Gasteiger charge is -2.26. The summed E-state index contributed by atoms with van der Waals surface area (Å²) in [7, 11) is 0. The Hall–Kier alpha value is -4.72. The van der Waals surface area contributed by atoms with Crippen LogP contribution in [-0.4, -0.2) is 20.4 Å². The highest BCUT2D eigenvalue weighted by Gasteiger charge is 2.24. The van der Waals surface area contributed by atoms with Gasteiger partial charge in [0, 0.05) is 5.41 Å². The average Bonchev–Trinajstić information content (AvgIpc) is 2.82. The third-order valence-electron chi connectivity index (χ3n) is 6.10. The van der Waals surface area contributed by atoms with Crippen molar-refractivity contribution in [3.05, 3.63) is 95.1 Å². The molecule has 188 valence electrons. The second kappa shape index (κ2) is 10.3. The van der Waals surface area contributed by atoms with Gasteiger partial charge < -0.3 is 43.4 Å². The highest BCUT2D eigenvalue weighted by atomic mass is 16.3. The summed E-state index contributed by atoms with van der Waals surface area (Å²) in [5.74, 6) is 0.264. The molecule has 12 N–H and O–H groups in total. The molecule has 0 saturated heterocycles. The molecule has 0 aliphatic rings. The third-order valence-corrected chi connectivity index (χ3v) is 6.10. The summed E-state index contributed by atoms with van der Waals surface area (Å²) in [6, 6.07) is 20.6. The zero-order valence-electron chi connectivity index (χ0n) is 20.2. The number of nitrogen functional groups attached to an aromatic ring is 4. The Morgan fingerprint density at radius 3 is 1.11 bits per heavy atom. The van der Waals surface area contributed by atoms with Gasteiger partial charge in [-0.25, -0.2) is 0 Å². The predicted octanol–water partition coefficient (Wildman–Crippen LogP) is 4.44. The number of benzene rings is 4. The molecule has 8 heteroatoms. The van der Waals surface area contributed by atoms with Crippen molar-refractivity contribution >= 4 is 22.7 Å². The van der Waals surface area contributed by atoms with Gasteiger partial charge in [0.05, 0.1) is 22.7 Å². The lowest BCUT2D eigenvalue weighted by molar-refractivity contribution is 0.472. The molecule has 0 aromatic heterocycles. The average molecular weight is 489 g/mol. The second-order valence-electron chi connectivity index (χ2n) is 9.14. The second-order valence-corrected chi connectivity index (χ2v) is 9.14. The number of rotatable bonds is 4. The van der Waals surface area contributed by atoms with Crippen molar-refractivity contribution in [1.82, 2.24) is 0 Å². The SMILES string of the molecule is CC(C)(c1ccc(N)c(O)c1)c1ccc(N)c(O)c1.Nc1ccc(Cc2ccc(N)c(O)c2)cc1O. The summed E-state index contributed by atoms with van der Waals surface area (Å²) in [5.41, 5.74) is 26.9. The van der Waals surface area contributed by atoms with Crippen molar-refractivity contribution < 1.29 is 20.4 Å². The van der Waals surface area contributed by atoms with E-state index in [1.807, 2.05) is 38.1 Å². The third kappa shape index (κ3) is 5.85. The van der Waals surface area contributed by atoms with Crippen LogP contribution in [-0.2, 0) is 11.8 Å². The van der Waals surface area contributed by atoms with Gasteiger partial charge in [-0.15, -0.1) is 0 Å². The van der Waals surface area contributed by atoms with Gasteiger partial charge in [-0.05, 0) is 77.2 Å². The molecule has 0 bridgehead atoms. The van der Waals surface area contributed by atoms with Crippen LogP contribution in [0.3, 0.4) is 0 Å². The van der Waals surface area contributed by atoms with Crippen LogP contribution in [0.5, 0.6) is 23.0 Å². The minimum absolute atomic E-state index is 0.0604. The number of hydrogen-bond acceptors (Lipinski definition) is 8. The quantitative estimate of drug-likeness (QED) is 0.153. The number of phenols is 4. The largest absolute Gasteiger partial charge is 0.506 e. The molecule has 0 aliphatic heterocycles. The molecule has 0 heterocycles. The van der Waals surface area contributed by atoms with Gasteiger partial charge in [-0.3, -0.25) is 0 Å². The summed E-state index contributed by atoms with van der Waals surface area (Å²) in [6.45, 7) is 4.01. The zero-order chi connectivity index (χ0) is 26.6. The maximum absolute atomic E-state index is 9.71. The van der Waals surface area contributed by atoms with Gasteiger partial charge >= 0.3 is 0 Å². The molecule has 4 aromatic carbocycles. The first-order chi connectivity index (χ1) is 16.9. The van der Waals surface area contributed by atoms with Crippen LogP contribution in [0.1, 0.15) is 36.1 Å². The lowest BCUT2D eigenvalue weighted by atomic mass is 9.78. The molecule has 0 saturated carbocycles. The van der Waals surface area contributed by atoms with Crippen molar-refractivity contribution in [3.8, 4) is 23.0 Å². The summed E-state index contributed by atoms with van der Waals surface area (Å²) in [6.07, 6.45) is 0.599. The fourth-order valence-electron chi connectivity index (χ4n) is 3.67. The van der Waals surface area contributed by atoms with Crippen molar-refractivity contribution in [2.45, 2.75) is 25.7 Å². The Morgan fingerprint density at radius 2 is 0.806 bits per heavy atom. The van der Waals surface area contributed by atoms with Crippen molar-refractivity contribution in [1.29, 1.82) is 0 Å². The predicted molar refractivity (Wildman–Crippen MR) is 145 cm³/mol. The topological polar surface area (TPSA) is 185 Å². The van der Waals surface area contributed by atoms with E-state index in [2.05, 4.69) is 0 Å². The normalized spacial score (nSPS) is 10.9. The molecule has 4 rings (SSSR count). The summed E-state index contributed by atoms with van der Waals surface area (Å²) in [5, 5.41) is 38.4. The molecular formula is C28H32N4O4. The van der Waals surface area contributed by atoms with Crippen LogP contribution in [0.2, 0.25) is 0 Å². The Kier molecular flexibility index (Phi) is 7.39. The molecule has 8 nitrogen and oxygen atoms in total. The number of hydrogen-bond donors (Lipinski definition) is 8. The van der Waals surface area contributed by atoms with Crippen LogP contribution in [0, 0.1) is 0 Å². The number of aromatic hydroxyl groups is 4. The highest BCUT2D eigenvalue weighted by Crippen LogP contribution is 2.37. The lowest BCUT2D eigenvalue weighted by Crippen LogP contribution is -2.19. The van der Waals surface area contributed by atoms with Crippen molar-refractivity contribution in [2.24, 2.45) is 0 Å². The van der Waals surface area contributed by atoms with E-state index in [0.29, 0.717) is 29.2 Å². The number of phenolic OH excluding ortho intramolecular Hbond substituents is 4. The van der Waals surface area contributed by atoms with Crippen molar-refractivity contribution in [3.63, 3.8) is 0 Å². The summed E-state index contributed by atoms with van der Waals surface area (Å²) in [4.78, 5) is 0. The Balaban J connectivity index is 0.000000202. The molecule has 0 atom stereocenters. The Morgan fingerprint density at radius 1 is 0.500 bits per heavy atom. The van der Waals surface area contributed by atoms with E-state index in [-0.39, 0.29) is 28.4 Å². The summed E-state index contributed by atoms with van der Waals surface area (Å²) >= 11 is 0. The molecule has 36 heavy (non-hydrogen) atoms. The van der Waals surface area contributed by atoms with Crippen LogP contribution in [0.25, 0.3) is 0 Å². The molecule has 0 aliphatic carbocycles. The fraction of sp³-hybridized carbons (Fsp3) is 0.143. The van der Waals surface area contributed by atoms with E-state index in [0.717, 1.165) is 22.3 Å². The maximum Gasteiger partial charge on any atom is 0.138 e. The van der Waals surface area contributed by atoms with Gasteiger partial charge in [0.1, 0.15) is 23.0 Å². The maximum atomic E-state index is 9.71. The first-order valence-corrected chi connectivity index (χ1v) is 11.2. The first kappa shape index (κ1) is 25.9. The molecule has 0 spiro atoms. The molecule has 0 radical (unpaired) electrons. The van der Waals surface area contributed by atoms with E-state index >= 15 is 0 Å². The fourth-order valence-corrected chi connectivity index (χ4v) is 3.67. The zero-order valence-corrected chi connectivity index (χ0v) is 20.2. The monoisotopic (exact) mass is 488 g/mol. The molecule has 4 aromatic rings. The minimum atomic E-state index is -0.379. The Labute approximate surface area is 210 Å². The minimum Gasteiger partial charge on any atom is -0.506 e. The van der Waals surface area contributed by atoms with Crippen LogP contribution in [0.15, 0.2) is 72.8 Å². The standard InChI is InChI=1S/C15H18N2O2.C13H14N2O2/c1-15(2,9-3-5-11(16)13(18)7-9)10-4-6-12(17)14(19)8-10;14-10-3-1-8(6-12(10)16)5-9-2-4-11(15)13(17)7-9/h3-8,18-19H,16-17H2,1-2H3;1-4,6-7,16-17H,5,14-15H2. The first-order valence-electron chi connectivity index (χ1n) is 11.2. The number of anilines is 4. The molecule has 0 unspecified atom stereocenters. The number of nitrogens with two attached hydrogens (primary N) is 4. The van der Waals surface area contributed by atoms with E-state index in [4.69, 9.17) is 22.9 Å². The van der Waals surface area contributed by atoms with Gasteiger partial charge in [0.2, 0.25) is 0 Å². The smallest absolute Gasteiger partial charge is 0.138 e. The van der Waals surface area contributed by atoms with Gasteiger partial charge in [-0.1, -0.05) is 38.1 Å². The van der Waals surface area contributed by atoms with Gasteiger partial charge in [-0.2, -0.15) is 0 Å². The van der Waals surface area contributed by atoms with E-state index in [9.17, 15) is 20.4 Å². The van der Waals surface area contributed by atoms with Gasteiger partial charge in [0.15, 0.2) is 0 Å². The van der Waals surface area contributed by atoms with Crippen molar-refractivity contribution in [2.75, 3.05) is 22.9 Å². The van der Waals surface area contributed by atoms with E-state index in [1.165, 1.54) is 0 Å². The van der Waals surface area contributed by atoms with Crippen LogP contribution >= 0.6 is 0 Å². The Bertz CT molecular complexity index is 1280. The van der Waals surface area contributed by atoms with Gasteiger partial charge in [0.25, 0.3) is 0 Å².